The number of nitrogens with zero attached hydrogens (tertiary/aromatic N) is 1. The summed E-state index contributed by atoms with van der Waals surface area (Å²) in [6, 6.07) is 11.4. The van der Waals surface area contributed by atoms with Crippen molar-refractivity contribution < 1.29 is 23.7 Å². The number of hydrogen-bond donors (Lipinski definition) is 0. The lowest BCUT2D eigenvalue weighted by Crippen LogP contribution is -2.37. The molecule has 0 unspecified atom stereocenters. The molecule has 0 atom stereocenters. The molecule has 0 bridgehead atoms. The normalized spacial score (nSPS) is 16.8. The van der Waals surface area contributed by atoms with Crippen molar-refractivity contribution in [2.24, 2.45) is 0 Å². The number of hydrogen-bond acceptors (Lipinski definition) is 6. The Morgan fingerprint density at radius 2 is 1.21 bits per heavy atom. The third-order valence-electron chi connectivity index (χ3n) is 5.48. The molecule has 176 valence electrons. The van der Waals surface area contributed by atoms with Gasteiger partial charge in [0.25, 0.3) is 0 Å². The minimum absolute atomic E-state index is 0.0559. The summed E-state index contributed by atoms with van der Waals surface area (Å²) >= 11 is 0. The monoisotopic (exact) mass is 451 g/mol. The van der Waals surface area contributed by atoms with Crippen LogP contribution in [0.1, 0.15) is 31.9 Å². The van der Waals surface area contributed by atoms with Gasteiger partial charge in [0.1, 0.15) is 0 Å². The summed E-state index contributed by atoms with van der Waals surface area (Å²) in [5.74, 6) is 2.74. The third kappa shape index (κ3) is 5.96. The number of likely N-dealkylation sites (N-methyl/N-ethyl adjacent to an activating group) is 1. The van der Waals surface area contributed by atoms with Crippen molar-refractivity contribution in [1.29, 1.82) is 0 Å². The standard InChI is InChI=1S/C27H33NO5/c1-6-28-17-21(13-19-9-11-23(32-7-2)25(15-19)30-4)27(29)22(18-28)14-20-10-12-24(33-8-3)26(16-20)31-5/h9-16H,6-8,17-18H2,1-5H3/b21-13+,22-14+. The van der Waals surface area contributed by atoms with Gasteiger partial charge in [0.05, 0.1) is 27.4 Å². The van der Waals surface area contributed by atoms with Gasteiger partial charge in [-0.3, -0.25) is 9.69 Å². The number of rotatable bonds is 9. The maximum Gasteiger partial charge on any atom is 0.187 e. The lowest BCUT2D eigenvalue weighted by molar-refractivity contribution is -0.113. The zero-order chi connectivity index (χ0) is 23.8. The maximum atomic E-state index is 13.4. The number of carbonyl (C=O) groups is 1. The van der Waals surface area contributed by atoms with E-state index in [0.717, 1.165) is 28.8 Å². The van der Waals surface area contributed by atoms with Gasteiger partial charge in [0, 0.05) is 24.2 Å². The Morgan fingerprint density at radius 1 is 0.758 bits per heavy atom. The molecule has 0 radical (unpaired) electrons. The molecule has 0 amide bonds. The van der Waals surface area contributed by atoms with Crippen LogP contribution < -0.4 is 18.9 Å². The molecule has 1 aliphatic rings. The second kappa shape index (κ2) is 11.6. The van der Waals surface area contributed by atoms with Gasteiger partial charge in [0.15, 0.2) is 28.8 Å². The van der Waals surface area contributed by atoms with Gasteiger partial charge in [-0.15, -0.1) is 0 Å². The fraction of sp³-hybridized carbons (Fsp3) is 0.370. The van der Waals surface area contributed by atoms with E-state index in [1.165, 1.54) is 0 Å². The molecule has 2 aromatic rings. The van der Waals surface area contributed by atoms with Crippen molar-refractivity contribution in [3.63, 3.8) is 0 Å². The van der Waals surface area contributed by atoms with Gasteiger partial charge in [-0.2, -0.15) is 0 Å². The van der Waals surface area contributed by atoms with E-state index in [0.29, 0.717) is 49.3 Å². The number of Topliss-reactive ketones (excluding diaryl/α,β-unsaturated/α-hetero) is 1. The van der Waals surface area contributed by atoms with E-state index in [2.05, 4.69) is 11.8 Å². The van der Waals surface area contributed by atoms with Crippen molar-refractivity contribution in [2.45, 2.75) is 20.8 Å². The molecule has 3 rings (SSSR count). The van der Waals surface area contributed by atoms with E-state index >= 15 is 0 Å². The number of likely N-dealkylation sites (tertiary alicyclic amines) is 1. The molecule has 6 heteroatoms. The van der Waals surface area contributed by atoms with Gasteiger partial charge in [-0.05, 0) is 67.9 Å². The first kappa shape index (κ1) is 24.4. The van der Waals surface area contributed by atoms with E-state index in [4.69, 9.17) is 18.9 Å². The minimum atomic E-state index is 0.0559. The zero-order valence-electron chi connectivity index (χ0n) is 20.1. The molecule has 1 fully saturated rings. The van der Waals surface area contributed by atoms with Crippen molar-refractivity contribution in [2.75, 3.05) is 47.1 Å². The molecule has 0 N–H and O–H groups in total. The Kier molecular flexibility index (Phi) is 8.55. The summed E-state index contributed by atoms with van der Waals surface area (Å²) in [4.78, 5) is 15.6. The predicted molar refractivity (Wildman–Crippen MR) is 131 cm³/mol. The van der Waals surface area contributed by atoms with Crippen LogP contribution in [0.15, 0.2) is 47.5 Å². The SMILES string of the molecule is CCOc1ccc(/C=C2\CN(CC)C/C(=C\c3ccc(OCC)c(OC)c3)C2=O)cc1OC. The number of methoxy groups -OCH3 is 2. The number of carbonyl (C=O) groups excluding carboxylic acids is 1. The minimum Gasteiger partial charge on any atom is -0.493 e. The second-order valence-corrected chi connectivity index (χ2v) is 7.66. The summed E-state index contributed by atoms with van der Waals surface area (Å²) in [5, 5.41) is 0. The van der Waals surface area contributed by atoms with Crippen LogP contribution in [0.3, 0.4) is 0 Å². The van der Waals surface area contributed by atoms with E-state index in [9.17, 15) is 4.79 Å². The molecule has 2 aromatic carbocycles. The molecule has 0 aromatic heterocycles. The second-order valence-electron chi connectivity index (χ2n) is 7.66. The molecular weight excluding hydrogens is 418 g/mol. The Labute approximate surface area is 196 Å². The molecule has 0 aliphatic carbocycles. The van der Waals surface area contributed by atoms with Gasteiger partial charge < -0.3 is 18.9 Å². The van der Waals surface area contributed by atoms with Gasteiger partial charge in [-0.1, -0.05) is 19.1 Å². The first-order valence-electron chi connectivity index (χ1n) is 11.3. The van der Waals surface area contributed by atoms with Crippen molar-refractivity contribution >= 4 is 17.9 Å². The Morgan fingerprint density at radius 3 is 1.58 bits per heavy atom. The van der Waals surface area contributed by atoms with E-state index in [-0.39, 0.29) is 5.78 Å². The highest BCUT2D eigenvalue weighted by atomic mass is 16.5. The first-order chi connectivity index (χ1) is 16.0. The molecule has 6 nitrogen and oxygen atoms in total. The molecule has 0 spiro atoms. The van der Waals surface area contributed by atoms with Gasteiger partial charge in [-0.25, -0.2) is 0 Å². The number of piperidine rings is 1. The molecule has 0 saturated carbocycles. The van der Waals surface area contributed by atoms with Crippen molar-refractivity contribution in [3.8, 4) is 23.0 Å². The highest BCUT2D eigenvalue weighted by molar-refractivity contribution is 6.14. The van der Waals surface area contributed by atoms with Crippen LogP contribution in [0.25, 0.3) is 12.2 Å². The number of ketones is 1. The average molecular weight is 452 g/mol. The van der Waals surface area contributed by atoms with Crippen LogP contribution in [-0.2, 0) is 4.79 Å². The highest BCUT2D eigenvalue weighted by Gasteiger charge is 2.25. The predicted octanol–water partition coefficient (Wildman–Crippen LogP) is 4.87. The van der Waals surface area contributed by atoms with E-state index in [1.54, 1.807) is 14.2 Å². The quantitative estimate of drug-likeness (QED) is 0.507. The lowest BCUT2D eigenvalue weighted by Gasteiger charge is -2.28. The lowest BCUT2D eigenvalue weighted by atomic mass is 9.94. The summed E-state index contributed by atoms with van der Waals surface area (Å²) in [5.41, 5.74) is 3.30. The van der Waals surface area contributed by atoms with Crippen LogP contribution in [0, 0.1) is 0 Å². The topological polar surface area (TPSA) is 57.2 Å². The van der Waals surface area contributed by atoms with E-state index < -0.39 is 0 Å². The maximum absolute atomic E-state index is 13.4. The largest absolute Gasteiger partial charge is 0.493 e. The fourth-order valence-electron chi connectivity index (χ4n) is 3.83. The summed E-state index contributed by atoms with van der Waals surface area (Å²) in [6.45, 7) is 9.15. The molecule has 1 aliphatic heterocycles. The molecule has 33 heavy (non-hydrogen) atoms. The third-order valence-corrected chi connectivity index (χ3v) is 5.48. The fourth-order valence-corrected chi connectivity index (χ4v) is 3.83. The molecule has 1 heterocycles. The first-order valence-corrected chi connectivity index (χ1v) is 11.3. The number of benzene rings is 2. The van der Waals surface area contributed by atoms with Crippen LogP contribution >= 0.6 is 0 Å². The van der Waals surface area contributed by atoms with Crippen molar-refractivity contribution in [1.82, 2.24) is 4.90 Å². The van der Waals surface area contributed by atoms with Crippen LogP contribution in [-0.4, -0.2) is 57.8 Å². The Balaban J connectivity index is 1.94. The summed E-state index contributed by atoms with van der Waals surface area (Å²) in [6.07, 6.45) is 3.88. The Hall–Kier alpha value is -3.25. The average Bonchev–Trinajstić information content (AvgIpc) is 2.83. The van der Waals surface area contributed by atoms with Gasteiger partial charge >= 0.3 is 0 Å². The molecule has 1 saturated heterocycles. The number of ether oxygens (including phenoxy) is 4. The smallest absolute Gasteiger partial charge is 0.187 e. The van der Waals surface area contributed by atoms with Crippen molar-refractivity contribution in [3.05, 3.63) is 58.7 Å². The van der Waals surface area contributed by atoms with Crippen LogP contribution in [0.5, 0.6) is 23.0 Å². The van der Waals surface area contributed by atoms with Gasteiger partial charge in [0.2, 0.25) is 0 Å². The van der Waals surface area contributed by atoms with Crippen LogP contribution in [0.4, 0.5) is 0 Å². The zero-order valence-corrected chi connectivity index (χ0v) is 20.1. The summed E-state index contributed by atoms with van der Waals surface area (Å²) in [7, 11) is 3.23. The van der Waals surface area contributed by atoms with E-state index in [1.807, 2.05) is 62.4 Å². The highest BCUT2D eigenvalue weighted by Crippen LogP contribution is 2.31. The molecular formula is C27H33NO5. The summed E-state index contributed by atoms with van der Waals surface area (Å²) < 4.78 is 22.1. The Bertz CT molecular complexity index is 961. The van der Waals surface area contributed by atoms with Crippen LogP contribution in [0.2, 0.25) is 0 Å².